The van der Waals surface area contributed by atoms with Crippen LogP contribution in [0.3, 0.4) is 0 Å². The highest BCUT2D eigenvalue weighted by Gasteiger charge is 2.68. The van der Waals surface area contributed by atoms with E-state index >= 15 is 0 Å². The standard InChI is InChI=1S/C14H20ClNO3S/c1-3-19-9-14(16)12(13(14)20(17,18)4-2)10-5-7-11(15)8-6-10/h5-8,12-13H,3-4,9,16H2,1-2H3. The van der Waals surface area contributed by atoms with Crippen LogP contribution in [-0.2, 0) is 14.6 Å². The molecule has 0 spiro atoms. The second-order valence-corrected chi connectivity index (χ2v) is 8.00. The van der Waals surface area contributed by atoms with Gasteiger partial charge in [0.15, 0.2) is 9.84 Å². The van der Waals surface area contributed by atoms with E-state index in [1.165, 1.54) is 0 Å². The predicted molar refractivity (Wildman–Crippen MR) is 80.9 cm³/mol. The zero-order valence-corrected chi connectivity index (χ0v) is 13.2. The van der Waals surface area contributed by atoms with Crippen LogP contribution in [0.2, 0.25) is 5.02 Å². The fourth-order valence-electron chi connectivity index (χ4n) is 2.75. The highest BCUT2D eigenvalue weighted by atomic mass is 35.5. The topological polar surface area (TPSA) is 69.4 Å². The molecule has 1 aromatic carbocycles. The average Bonchev–Trinajstić information content (AvgIpc) is 3.05. The normalized spacial score (nSPS) is 29.4. The van der Waals surface area contributed by atoms with Gasteiger partial charge < -0.3 is 10.5 Å². The molecule has 20 heavy (non-hydrogen) atoms. The molecule has 112 valence electrons. The second-order valence-electron chi connectivity index (χ2n) is 5.15. The van der Waals surface area contributed by atoms with Crippen molar-refractivity contribution in [3.63, 3.8) is 0 Å². The number of hydrogen-bond acceptors (Lipinski definition) is 4. The van der Waals surface area contributed by atoms with Crippen LogP contribution in [0, 0.1) is 0 Å². The van der Waals surface area contributed by atoms with E-state index in [1.54, 1.807) is 19.1 Å². The maximum absolute atomic E-state index is 12.2. The lowest BCUT2D eigenvalue weighted by atomic mass is 10.1. The van der Waals surface area contributed by atoms with Crippen LogP contribution in [0.4, 0.5) is 0 Å². The first-order valence-corrected chi connectivity index (χ1v) is 8.79. The summed E-state index contributed by atoms with van der Waals surface area (Å²) in [6.07, 6.45) is 0. The summed E-state index contributed by atoms with van der Waals surface area (Å²) in [5.74, 6) is -0.136. The fourth-order valence-corrected chi connectivity index (χ4v) is 4.87. The predicted octanol–water partition coefficient (Wildman–Crippen LogP) is 1.97. The van der Waals surface area contributed by atoms with E-state index in [0.29, 0.717) is 11.6 Å². The Morgan fingerprint density at radius 2 is 1.90 bits per heavy atom. The minimum atomic E-state index is -3.21. The van der Waals surface area contributed by atoms with Crippen LogP contribution in [-0.4, -0.2) is 38.2 Å². The van der Waals surface area contributed by atoms with Gasteiger partial charge in [0.1, 0.15) is 0 Å². The van der Waals surface area contributed by atoms with E-state index in [0.717, 1.165) is 5.56 Å². The number of hydrogen-bond donors (Lipinski definition) is 1. The smallest absolute Gasteiger partial charge is 0.155 e. The Hall–Kier alpha value is -0.620. The van der Waals surface area contributed by atoms with Crippen LogP contribution in [0.25, 0.3) is 0 Å². The van der Waals surface area contributed by atoms with Gasteiger partial charge in [-0.3, -0.25) is 0 Å². The molecule has 2 rings (SSSR count). The molecule has 1 saturated carbocycles. The molecular weight excluding hydrogens is 298 g/mol. The van der Waals surface area contributed by atoms with Gasteiger partial charge in [0.25, 0.3) is 0 Å². The van der Waals surface area contributed by atoms with Crippen molar-refractivity contribution in [2.24, 2.45) is 5.73 Å². The Labute approximate surface area is 125 Å². The molecule has 0 bridgehead atoms. The van der Waals surface area contributed by atoms with Gasteiger partial charge in [-0.1, -0.05) is 30.7 Å². The van der Waals surface area contributed by atoms with E-state index < -0.39 is 20.6 Å². The summed E-state index contributed by atoms with van der Waals surface area (Å²) in [4.78, 5) is 0. The van der Waals surface area contributed by atoms with E-state index in [4.69, 9.17) is 22.1 Å². The number of halogens is 1. The molecule has 0 aliphatic heterocycles. The molecule has 0 saturated heterocycles. The van der Waals surface area contributed by atoms with Gasteiger partial charge in [0, 0.05) is 23.3 Å². The first-order valence-electron chi connectivity index (χ1n) is 6.70. The van der Waals surface area contributed by atoms with Gasteiger partial charge in [0.2, 0.25) is 0 Å². The molecular formula is C14H20ClNO3S. The van der Waals surface area contributed by atoms with Crippen LogP contribution >= 0.6 is 11.6 Å². The molecule has 4 nitrogen and oxygen atoms in total. The fraction of sp³-hybridized carbons (Fsp3) is 0.571. The van der Waals surface area contributed by atoms with Crippen molar-refractivity contribution in [2.45, 2.75) is 30.6 Å². The first-order chi connectivity index (χ1) is 9.36. The summed E-state index contributed by atoms with van der Waals surface area (Å²) < 4.78 is 29.8. The minimum Gasteiger partial charge on any atom is -0.380 e. The SMILES string of the molecule is CCOCC1(N)C(c2ccc(Cl)cc2)C1S(=O)(=O)CC. The molecule has 0 heterocycles. The summed E-state index contributed by atoms with van der Waals surface area (Å²) in [6.45, 7) is 4.28. The number of benzene rings is 1. The van der Waals surface area contributed by atoms with Gasteiger partial charge in [-0.25, -0.2) is 8.42 Å². The Morgan fingerprint density at radius 1 is 1.30 bits per heavy atom. The average molecular weight is 318 g/mol. The van der Waals surface area contributed by atoms with E-state index in [9.17, 15) is 8.42 Å². The van der Waals surface area contributed by atoms with Crippen LogP contribution < -0.4 is 5.73 Å². The Bertz CT molecular complexity index is 573. The van der Waals surface area contributed by atoms with E-state index in [2.05, 4.69) is 0 Å². The summed E-state index contributed by atoms with van der Waals surface area (Å²) >= 11 is 5.87. The molecule has 0 amide bonds. The lowest BCUT2D eigenvalue weighted by Crippen LogP contribution is -2.36. The summed E-state index contributed by atoms with van der Waals surface area (Å²) in [5.41, 5.74) is 6.38. The van der Waals surface area contributed by atoms with Crippen LogP contribution in [0.15, 0.2) is 24.3 Å². The molecule has 1 aromatic rings. The zero-order chi connectivity index (χ0) is 15.0. The number of sulfone groups is 1. The van der Waals surface area contributed by atoms with Gasteiger partial charge in [-0.15, -0.1) is 0 Å². The van der Waals surface area contributed by atoms with Gasteiger partial charge >= 0.3 is 0 Å². The second kappa shape index (κ2) is 5.64. The third kappa shape index (κ3) is 2.72. The third-order valence-corrected chi connectivity index (χ3v) is 6.42. The van der Waals surface area contributed by atoms with Crippen molar-refractivity contribution >= 4 is 21.4 Å². The van der Waals surface area contributed by atoms with Crippen LogP contribution in [0.1, 0.15) is 25.3 Å². The first kappa shape index (κ1) is 15.8. The highest BCUT2D eigenvalue weighted by Crippen LogP contribution is 2.54. The van der Waals surface area contributed by atoms with E-state index in [-0.39, 0.29) is 18.3 Å². The highest BCUT2D eigenvalue weighted by molar-refractivity contribution is 7.92. The monoisotopic (exact) mass is 317 g/mol. The summed E-state index contributed by atoms with van der Waals surface area (Å²) in [6, 6.07) is 7.19. The summed E-state index contributed by atoms with van der Waals surface area (Å²) in [7, 11) is -3.21. The molecule has 0 radical (unpaired) electrons. The number of rotatable bonds is 6. The molecule has 1 aliphatic rings. The molecule has 6 heteroatoms. The van der Waals surface area contributed by atoms with Crippen LogP contribution in [0.5, 0.6) is 0 Å². The summed E-state index contributed by atoms with van der Waals surface area (Å²) in [5, 5.41) is 0.0458. The molecule has 2 N–H and O–H groups in total. The maximum atomic E-state index is 12.2. The van der Waals surface area contributed by atoms with Crippen molar-refractivity contribution < 1.29 is 13.2 Å². The zero-order valence-electron chi connectivity index (χ0n) is 11.7. The Balaban J connectivity index is 2.32. The molecule has 3 unspecified atom stereocenters. The van der Waals surface area contributed by atoms with Gasteiger partial charge in [0.05, 0.1) is 17.4 Å². The van der Waals surface area contributed by atoms with Crippen molar-refractivity contribution in [1.29, 1.82) is 0 Å². The third-order valence-electron chi connectivity index (χ3n) is 3.88. The van der Waals surface area contributed by atoms with Crippen molar-refractivity contribution in [3.05, 3.63) is 34.9 Å². The Kier molecular flexibility index (Phi) is 4.44. The maximum Gasteiger partial charge on any atom is 0.155 e. The van der Waals surface area contributed by atoms with Gasteiger partial charge in [-0.05, 0) is 24.6 Å². The number of ether oxygens (including phenoxy) is 1. The van der Waals surface area contributed by atoms with Gasteiger partial charge in [-0.2, -0.15) is 0 Å². The Morgan fingerprint density at radius 3 is 2.40 bits per heavy atom. The van der Waals surface area contributed by atoms with Crippen molar-refractivity contribution in [1.82, 2.24) is 0 Å². The minimum absolute atomic E-state index is 0.0901. The van der Waals surface area contributed by atoms with Crippen molar-refractivity contribution in [3.8, 4) is 0 Å². The quantitative estimate of drug-likeness (QED) is 0.871. The molecule has 3 atom stereocenters. The largest absolute Gasteiger partial charge is 0.380 e. The molecule has 0 aromatic heterocycles. The van der Waals surface area contributed by atoms with E-state index in [1.807, 2.05) is 19.1 Å². The number of nitrogens with two attached hydrogens (primary N) is 1. The lowest BCUT2D eigenvalue weighted by Gasteiger charge is -2.12. The molecule has 1 fully saturated rings. The molecule has 1 aliphatic carbocycles. The van der Waals surface area contributed by atoms with Crippen molar-refractivity contribution in [2.75, 3.05) is 19.0 Å². The lowest BCUT2D eigenvalue weighted by molar-refractivity contribution is 0.125.